The Hall–Kier alpha value is -1.23. The lowest BCUT2D eigenvalue weighted by molar-refractivity contribution is 0.281. The fraction of sp³-hybridized carbons (Fsp3) is 0.375. The molecular formula is C16H20ClNO2S. The number of rotatable bonds is 7. The Morgan fingerprint density at radius 3 is 2.81 bits per heavy atom. The zero-order valence-corrected chi connectivity index (χ0v) is 13.8. The van der Waals surface area contributed by atoms with Gasteiger partial charge in [-0.25, -0.2) is 0 Å². The highest BCUT2D eigenvalue weighted by Crippen LogP contribution is 2.36. The predicted molar refractivity (Wildman–Crippen MR) is 88.6 cm³/mol. The number of hydrogen-bond donors (Lipinski definition) is 1. The molecule has 114 valence electrons. The smallest absolute Gasteiger partial charge is 0.165 e. The number of nitrogens with two attached hydrogens (primary N) is 1. The first-order valence-electron chi connectivity index (χ1n) is 6.89. The second-order valence-electron chi connectivity index (χ2n) is 4.89. The Labute approximate surface area is 134 Å². The molecule has 2 rings (SSSR count). The van der Waals surface area contributed by atoms with Crippen molar-refractivity contribution in [2.75, 3.05) is 7.11 Å². The molecule has 1 unspecified atom stereocenters. The van der Waals surface area contributed by atoms with E-state index in [9.17, 15) is 0 Å². The summed E-state index contributed by atoms with van der Waals surface area (Å²) < 4.78 is 11.4. The largest absolute Gasteiger partial charge is 0.493 e. The standard InChI is InChI=1S/C16H20ClNO2S/c1-3-14(18)7-12-6-13(17)8-15(19-2)16(12)20-9-11-4-5-21-10-11/h4-6,8,10,14H,3,7,9,18H2,1-2H3. The van der Waals surface area contributed by atoms with Gasteiger partial charge >= 0.3 is 0 Å². The number of benzene rings is 1. The summed E-state index contributed by atoms with van der Waals surface area (Å²) in [7, 11) is 1.62. The summed E-state index contributed by atoms with van der Waals surface area (Å²) >= 11 is 7.81. The minimum atomic E-state index is 0.0803. The van der Waals surface area contributed by atoms with Gasteiger partial charge in [0.1, 0.15) is 6.61 Å². The van der Waals surface area contributed by atoms with Crippen LogP contribution in [0.1, 0.15) is 24.5 Å². The van der Waals surface area contributed by atoms with Crippen molar-refractivity contribution >= 4 is 22.9 Å². The zero-order chi connectivity index (χ0) is 15.2. The van der Waals surface area contributed by atoms with Crippen molar-refractivity contribution in [3.05, 3.63) is 45.1 Å². The molecule has 5 heteroatoms. The van der Waals surface area contributed by atoms with Crippen molar-refractivity contribution in [3.8, 4) is 11.5 Å². The van der Waals surface area contributed by atoms with Gasteiger partial charge in [-0.15, -0.1) is 0 Å². The van der Waals surface area contributed by atoms with Gasteiger partial charge in [0, 0.05) is 22.7 Å². The highest BCUT2D eigenvalue weighted by Gasteiger charge is 2.15. The maximum absolute atomic E-state index is 6.15. The minimum absolute atomic E-state index is 0.0803. The quantitative estimate of drug-likeness (QED) is 0.826. The molecule has 1 heterocycles. The Balaban J connectivity index is 2.26. The van der Waals surface area contributed by atoms with Crippen molar-refractivity contribution < 1.29 is 9.47 Å². The average molecular weight is 326 g/mol. The zero-order valence-electron chi connectivity index (χ0n) is 12.3. The lowest BCUT2D eigenvalue weighted by Gasteiger charge is -2.17. The van der Waals surface area contributed by atoms with Crippen LogP contribution >= 0.6 is 22.9 Å². The van der Waals surface area contributed by atoms with Crippen LogP contribution in [0.15, 0.2) is 29.0 Å². The van der Waals surface area contributed by atoms with Gasteiger partial charge in [-0.2, -0.15) is 11.3 Å². The molecule has 0 bridgehead atoms. The summed E-state index contributed by atoms with van der Waals surface area (Å²) in [5.74, 6) is 1.38. The second-order valence-corrected chi connectivity index (χ2v) is 6.11. The molecule has 0 radical (unpaired) electrons. The molecular weight excluding hydrogens is 306 g/mol. The number of thiophene rings is 1. The molecule has 0 aliphatic rings. The van der Waals surface area contributed by atoms with Crippen LogP contribution in [0.3, 0.4) is 0 Å². The van der Waals surface area contributed by atoms with E-state index < -0.39 is 0 Å². The Bertz CT molecular complexity index is 572. The minimum Gasteiger partial charge on any atom is -0.493 e. The summed E-state index contributed by atoms with van der Waals surface area (Å²) in [5, 5.41) is 4.74. The van der Waals surface area contributed by atoms with E-state index in [0.29, 0.717) is 23.8 Å². The van der Waals surface area contributed by atoms with Crippen LogP contribution in [0.5, 0.6) is 11.5 Å². The van der Waals surface area contributed by atoms with E-state index in [0.717, 1.165) is 23.3 Å². The monoisotopic (exact) mass is 325 g/mol. The van der Waals surface area contributed by atoms with E-state index in [1.165, 1.54) is 0 Å². The third kappa shape index (κ3) is 4.37. The topological polar surface area (TPSA) is 44.5 Å². The molecule has 0 saturated carbocycles. The van der Waals surface area contributed by atoms with E-state index in [4.69, 9.17) is 26.8 Å². The SMILES string of the molecule is CCC(N)Cc1cc(Cl)cc(OC)c1OCc1ccsc1. The summed E-state index contributed by atoms with van der Waals surface area (Å²) in [6, 6.07) is 5.80. The third-order valence-electron chi connectivity index (χ3n) is 3.29. The lowest BCUT2D eigenvalue weighted by atomic mass is 10.0. The average Bonchev–Trinajstić information content (AvgIpc) is 2.98. The molecule has 0 fully saturated rings. The van der Waals surface area contributed by atoms with Crippen LogP contribution in [0.25, 0.3) is 0 Å². The summed E-state index contributed by atoms with van der Waals surface area (Å²) in [6.07, 6.45) is 1.62. The normalized spacial score (nSPS) is 12.2. The van der Waals surface area contributed by atoms with Crippen molar-refractivity contribution in [3.63, 3.8) is 0 Å². The molecule has 1 aromatic carbocycles. The van der Waals surface area contributed by atoms with Crippen LogP contribution in [-0.4, -0.2) is 13.2 Å². The highest BCUT2D eigenvalue weighted by atomic mass is 35.5. The van der Waals surface area contributed by atoms with E-state index >= 15 is 0 Å². The van der Waals surface area contributed by atoms with Gasteiger partial charge in [-0.05, 0) is 41.3 Å². The lowest BCUT2D eigenvalue weighted by Crippen LogP contribution is -2.21. The van der Waals surface area contributed by atoms with E-state index in [1.54, 1.807) is 24.5 Å². The molecule has 2 aromatic rings. The number of halogens is 1. The van der Waals surface area contributed by atoms with Crippen LogP contribution < -0.4 is 15.2 Å². The number of hydrogen-bond acceptors (Lipinski definition) is 4. The molecule has 0 spiro atoms. The molecule has 1 atom stereocenters. The number of methoxy groups -OCH3 is 1. The van der Waals surface area contributed by atoms with Gasteiger partial charge in [0.15, 0.2) is 11.5 Å². The summed E-state index contributed by atoms with van der Waals surface area (Å²) in [5.41, 5.74) is 8.20. The maximum atomic E-state index is 6.15. The van der Waals surface area contributed by atoms with Crippen molar-refractivity contribution in [2.45, 2.75) is 32.4 Å². The van der Waals surface area contributed by atoms with Gasteiger partial charge < -0.3 is 15.2 Å². The molecule has 0 aliphatic carbocycles. The molecule has 2 N–H and O–H groups in total. The van der Waals surface area contributed by atoms with E-state index in [2.05, 4.69) is 12.3 Å². The molecule has 0 amide bonds. The first kappa shape index (κ1) is 16.1. The van der Waals surface area contributed by atoms with Crippen molar-refractivity contribution in [2.24, 2.45) is 5.73 Å². The Kier molecular flexibility index (Phi) is 5.91. The van der Waals surface area contributed by atoms with Gasteiger partial charge in [0.05, 0.1) is 7.11 Å². The molecule has 0 saturated heterocycles. The van der Waals surface area contributed by atoms with Crippen molar-refractivity contribution in [1.82, 2.24) is 0 Å². The predicted octanol–water partition coefficient (Wildman–Crippen LogP) is 4.27. The second kappa shape index (κ2) is 7.69. The molecule has 3 nitrogen and oxygen atoms in total. The van der Waals surface area contributed by atoms with Crippen LogP contribution in [0.4, 0.5) is 0 Å². The fourth-order valence-electron chi connectivity index (χ4n) is 2.05. The first-order chi connectivity index (χ1) is 10.1. The number of ether oxygens (including phenoxy) is 2. The Morgan fingerprint density at radius 1 is 1.38 bits per heavy atom. The Morgan fingerprint density at radius 2 is 2.19 bits per heavy atom. The highest BCUT2D eigenvalue weighted by molar-refractivity contribution is 7.07. The summed E-state index contributed by atoms with van der Waals surface area (Å²) in [6.45, 7) is 2.58. The summed E-state index contributed by atoms with van der Waals surface area (Å²) in [4.78, 5) is 0. The molecule has 0 aliphatic heterocycles. The van der Waals surface area contributed by atoms with Crippen molar-refractivity contribution in [1.29, 1.82) is 0 Å². The van der Waals surface area contributed by atoms with Crippen LogP contribution in [0, 0.1) is 0 Å². The van der Waals surface area contributed by atoms with Gasteiger partial charge in [0.25, 0.3) is 0 Å². The van der Waals surface area contributed by atoms with E-state index in [-0.39, 0.29) is 6.04 Å². The first-order valence-corrected chi connectivity index (χ1v) is 8.22. The van der Waals surface area contributed by atoms with Crippen LogP contribution in [-0.2, 0) is 13.0 Å². The molecule has 21 heavy (non-hydrogen) atoms. The van der Waals surface area contributed by atoms with Crippen LogP contribution in [0.2, 0.25) is 5.02 Å². The maximum Gasteiger partial charge on any atom is 0.165 e. The van der Waals surface area contributed by atoms with Gasteiger partial charge in [0.2, 0.25) is 0 Å². The van der Waals surface area contributed by atoms with Gasteiger partial charge in [-0.3, -0.25) is 0 Å². The van der Waals surface area contributed by atoms with E-state index in [1.807, 2.05) is 17.5 Å². The third-order valence-corrected chi connectivity index (χ3v) is 4.24. The molecule has 1 aromatic heterocycles. The van der Waals surface area contributed by atoms with Gasteiger partial charge in [-0.1, -0.05) is 18.5 Å². The fourth-order valence-corrected chi connectivity index (χ4v) is 2.93.